The molecule has 0 bridgehead atoms. The molecule has 1 unspecified atom stereocenters. The van der Waals surface area contributed by atoms with Crippen LogP contribution in [0.25, 0.3) is 5.76 Å². The van der Waals surface area contributed by atoms with E-state index < -0.39 is 17.7 Å². The number of aliphatic hydroxyl groups excluding tert-OH is 1. The Balaban J connectivity index is 1.54. The Labute approximate surface area is 245 Å². The maximum atomic E-state index is 13.5. The summed E-state index contributed by atoms with van der Waals surface area (Å²) in [6.45, 7) is 5.73. The molecule has 0 spiro atoms. The Morgan fingerprint density at radius 3 is 2.21 bits per heavy atom. The van der Waals surface area contributed by atoms with Crippen LogP contribution in [-0.2, 0) is 27.4 Å². The summed E-state index contributed by atoms with van der Waals surface area (Å²) in [7, 11) is 0. The Morgan fingerprint density at radius 2 is 1.60 bits per heavy atom. The van der Waals surface area contributed by atoms with E-state index in [1.54, 1.807) is 42.5 Å². The van der Waals surface area contributed by atoms with E-state index in [9.17, 15) is 19.5 Å². The van der Waals surface area contributed by atoms with E-state index in [2.05, 4.69) is 5.32 Å². The van der Waals surface area contributed by atoms with E-state index in [0.29, 0.717) is 34.9 Å². The summed E-state index contributed by atoms with van der Waals surface area (Å²) in [6, 6.07) is 28.5. The standard InChI is InChI=1S/C35H32N2O5/c1-4-24-10-12-26(13-11-24)32-31(34(40)35(41)37(32)29-17-15-28(16-18-29)36-23(3)38)33(39)27-14-19-30(22(2)20-27)42-21-25-8-6-5-7-9-25/h5-20,32,39H,4,21H2,1-3H3,(H,36,38)/b33-31-. The van der Waals surface area contributed by atoms with Crippen LogP contribution in [0.4, 0.5) is 11.4 Å². The second-order valence-corrected chi connectivity index (χ2v) is 10.2. The summed E-state index contributed by atoms with van der Waals surface area (Å²) in [5.41, 5.74) is 5.06. The number of nitrogens with one attached hydrogen (secondary N) is 1. The van der Waals surface area contributed by atoms with Gasteiger partial charge in [-0.05, 0) is 78.1 Å². The summed E-state index contributed by atoms with van der Waals surface area (Å²) in [5, 5.41) is 14.3. The van der Waals surface area contributed by atoms with E-state index in [0.717, 1.165) is 23.1 Å². The molecule has 5 rings (SSSR count). The Hall–Kier alpha value is -5.17. The Bertz CT molecular complexity index is 1660. The molecule has 1 aliphatic heterocycles. The largest absolute Gasteiger partial charge is 0.507 e. The number of hydrogen-bond donors (Lipinski definition) is 2. The van der Waals surface area contributed by atoms with Gasteiger partial charge in [0.25, 0.3) is 11.7 Å². The number of Topliss-reactive ketones (excluding diaryl/α,β-unsaturated/α-hetero) is 1. The summed E-state index contributed by atoms with van der Waals surface area (Å²) < 4.78 is 5.99. The van der Waals surface area contributed by atoms with Gasteiger partial charge in [0.1, 0.15) is 18.1 Å². The van der Waals surface area contributed by atoms with Crippen molar-refractivity contribution in [1.82, 2.24) is 0 Å². The van der Waals surface area contributed by atoms with Crippen molar-refractivity contribution in [2.45, 2.75) is 39.8 Å². The lowest BCUT2D eigenvalue weighted by molar-refractivity contribution is -0.132. The summed E-state index contributed by atoms with van der Waals surface area (Å²) in [4.78, 5) is 39.9. The van der Waals surface area contributed by atoms with Crippen molar-refractivity contribution in [3.63, 3.8) is 0 Å². The smallest absolute Gasteiger partial charge is 0.300 e. The molecule has 0 saturated carbocycles. The zero-order valence-electron chi connectivity index (χ0n) is 23.8. The maximum absolute atomic E-state index is 13.5. The predicted octanol–water partition coefficient (Wildman–Crippen LogP) is 6.72. The van der Waals surface area contributed by atoms with Gasteiger partial charge in [0.05, 0.1) is 11.6 Å². The van der Waals surface area contributed by atoms with Crippen LogP contribution in [0, 0.1) is 6.92 Å². The van der Waals surface area contributed by atoms with Gasteiger partial charge in [0.15, 0.2) is 0 Å². The van der Waals surface area contributed by atoms with Crippen molar-refractivity contribution in [1.29, 1.82) is 0 Å². The van der Waals surface area contributed by atoms with Crippen molar-refractivity contribution < 1.29 is 24.2 Å². The molecule has 212 valence electrons. The van der Waals surface area contributed by atoms with Gasteiger partial charge in [-0.25, -0.2) is 0 Å². The second kappa shape index (κ2) is 12.1. The maximum Gasteiger partial charge on any atom is 0.300 e. The SMILES string of the molecule is CCc1ccc(C2/C(=C(/O)c3ccc(OCc4ccccc4)c(C)c3)C(=O)C(=O)N2c2ccc(NC(C)=O)cc2)cc1. The molecule has 0 aliphatic carbocycles. The van der Waals surface area contributed by atoms with E-state index in [4.69, 9.17) is 4.74 Å². The zero-order valence-corrected chi connectivity index (χ0v) is 23.8. The topological polar surface area (TPSA) is 95.9 Å². The van der Waals surface area contributed by atoms with E-state index in [-0.39, 0.29) is 17.2 Å². The first-order valence-electron chi connectivity index (χ1n) is 13.8. The molecular formula is C35H32N2O5. The molecule has 0 radical (unpaired) electrons. The quantitative estimate of drug-likeness (QED) is 0.142. The number of benzene rings is 4. The number of carbonyl (C=O) groups excluding carboxylic acids is 3. The van der Waals surface area contributed by atoms with Crippen LogP contribution < -0.4 is 15.0 Å². The summed E-state index contributed by atoms with van der Waals surface area (Å²) >= 11 is 0. The Kier molecular flexibility index (Phi) is 8.20. The van der Waals surface area contributed by atoms with Gasteiger partial charge in [-0.2, -0.15) is 0 Å². The van der Waals surface area contributed by atoms with Gasteiger partial charge >= 0.3 is 0 Å². The lowest BCUT2D eigenvalue weighted by atomic mass is 9.94. The molecule has 4 aromatic carbocycles. The number of aryl methyl sites for hydroxylation is 2. The highest BCUT2D eigenvalue weighted by Gasteiger charge is 2.47. The molecule has 1 saturated heterocycles. The van der Waals surface area contributed by atoms with Crippen LogP contribution in [0.3, 0.4) is 0 Å². The predicted molar refractivity (Wildman–Crippen MR) is 163 cm³/mol. The Morgan fingerprint density at radius 1 is 0.905 bits per heavy atom. The van der Waals surface area contributed by atoms with Gasteiger partial charge in [0.2, 0.25) is 5.91 Å². The van der Waals surface area contributed by atoms with Crippen LogP contribution in [0.2, 0.25) is 0 Å². The van der Waals surface area contributed by atoms with Crippen molar-refractivity contribution >= 4 is 34.7 Å². The summed E-state index contributed by atoms with van der Waals surface area (Å²) in [5.74, 6) is -1.33. The molecule has 0 aromatic heterocycles. The number of ketones is 1. The van der Waals surface area contributed by atoms with Crippen LogP contribution in [0.5, 0.6) is 5.75 Å². The fraction of sp³-hybridized carbons (Fsp3) is 0.171. The van der Waals surface area contributed by atoms with Gasteiger partial charge in [0, 0.05) is 23.9 Å². The van der Waals surface area contributed by atoms with Crippen molar-refractivity contribution in [3.05, 3.63) is 130 Å². The molecular weight excluding hydrogens is 528 g/mol. The molecule has 2 amide bonds. The summed E-state index contributed by atoms with van der Waals surface area (Å²) in [6.07, 6.45) is 0.836. The number of hydrogen-bond acceptors (Lipinski definition) is 5. The number of aliphatic hydroxyl groups is 1. The second-order valence-electron chi connectivity index (χ2n) is 10.2. The molecule has 7 nitrogen and oxygen atoms in total. The number of rotatable bonds is 8. The fourth-order valence-electron chi connectivity index (χ4n) is 5.11. The first kappa shape index (κ1) is 28.4. The lowest BCUT2D eigenvalue weighted by Crippen LogP contribution is -2.29. The molecule has 7 heteroatoms. The average Bonchev–Trinajstić information content (AvgIpc) is 3.26. The monoisotopic (exact) mass is 560 g/mol. The van der Waals surface area contributed by atoms with Gasteiger partial charge in [-0.1, -0.05) is 61.5 Å². The lowest BCUT2D eigenvalue weighted by Gasteiger charge is -2.26. The molecule has 2 N–H and O–H groups in total. The van der Waals surface area contributed by atoms with E-state index in [1.165, 1.54) is 11.8 Å². The first-order valence-corrected chi connectivity index (χ1v) is 13.8. The highest BCUT2D eigenvalue weighted by Crippen LogP contribution is 2.42. The number of carbonyl (C=O) groups is 3. The highest BCUT2D eigenvalue weighted by atomic mass is 16.5. The third kappa shape index (κ3) is 5.81. The minimum absolute atomic E-state index is 0.00698. The van der Waals surface area contributed by atoms with Crippen molar-refractivity contribution in [2.75, 3.05) is 10.2 Å². The molecule has 1 fully saturated rings. The number of ether oxygens (including phenoxy) is 1. The zero-order chi connectivity index (χ0) is 29.8. The molecule has 42 heavy (non-hydrogen) atoms. The minimum Gasteiger partial charge on any atom is -0.507 e. The third-order valence-electron chi connectivity index (χ3n) is 7.30. The molecule has 1 aliphatic rings. The van der Waals surface area contributed by atoms with Crippen molar-refractivity contribution in [3.8, 4) is 5.75 Å². The molecule has 1 heterocycles. The minimum atomic E-state index is -0.850. The van der Waals surface area contributed by atoms with Crippen molar-refractivity contribution in [2.24, 2.45) is 0 Å². The van der Waals surface area contributed by atoms with Gasteiger partial charge in [-0.3, -0.25) is 19.3 Å². The number of nitrogens with zero attached hydrogens (tertiary/aromatic N) is 1. The van der Waals surface area contributed by atoms with E-state index >= 15 is 0 Å². The average molecular weight is 561 g/mol. The molecule has 4 aromatic rings. The normalized spacial score (nSPS) is 16.0. The van der Waals surface area contributed by atoms with E-state index in [1.807, 2.05) is 68.4 Å². The molecule has 1 atom stereocenters. The van der Waals surface area contributed by atoms with Crippen LogP contribution in [-0.4, -0.2) is 22.7 Å². The van der Waals surface area contributed by atoms with Crippen LogP contribution in [0.15, 0.2) is 103 Å². The number of anilines is 2. The van der Waals surface area contributed by atoms with Crippen LogP contribution >= 0.6 is 0 Å². The highest BCUT2D eigenvalue weighted by molar-refractivity contribution is 6.51. The fourth-order valence-corrected chi connectivity index (χ4v) is 5.11. The van der Waals surface area contributed by atoms with Gasteiger partial charge < -0.3 is 15.2 Å². The third-order valence-corrected chi connectivity index (χ3v) is 7.30. The van der Waals surface area contributed by atoms with Crippen LogP contribution in [0.1, 0.15) is 47.7 Å². The number of amides is 2. The first-order chi connectivity index (χ1) is 20.3. The van der Waals surface area contributed by atoms with Gasteiger partial charge in [-0.15, -0.1) is 0 Å².